The Balaban J connectivity index is 1.79. The molecule has 6 heteroatoms. The second kappa shape index (κ2) is 7.39. The number of Topliss-reactive ketones (excluding diaryl/α,β-unsaturated/α-hetero) is 1. The minimum atomic E-state index is -0.721. The van der Waals surface area contributed by atoms with Gasteiger partial charge < -0.3 is 14.4 Å². The molecular formula is C23H20N2O4. The molecule has 1 N–H and O–H groups in total. The second-order valence-corrected chi connectivity index (χ2v) is 7.11. The summed E-state index contributed by atoms with van der Waals surface area (Å²) in [6, 6.07) is 13.7. The molecule has 1 atom stereocenters. The van der Waals surface area contributed by atoms with Gasteiger partial charge in [0, 0.05) is 18.9 Å². The molecule has 0 saturated carbocycles. The lowest BCUT2D eigenvalue weighted by Crippen LogP contribution is -2.30. The zero-order valence-corrected chi connectivity index (χ0v) is 16.1. The summed E-state index contributed by atoms with van der Waals surface area (Å²) in [5.74, 6) is -0.957. The van der Waals surface area contributed by atoms with Crippen LogP contribution in [-0.2, 0) is 11.3 Å². The Labute approximate surface area is 168 Å². The number of carbonyl (C=O) groups is 2. The van der Waals surface area contributed by atoms with Crippen molar-refractivity contribution in [2.24, 2.45) is 0 Å². The normalized spacial score (nSPS) is 16.6. The summed E-state index contributed by atoms with van der Waals surface area (Å²) >= 11 is 0. The lowest BCUT2D eigenvalue weighted by atomic mass is 9.94. The molecule has 0 fully saturated rings. The van der Waals surface area contributed by atoms with Gasteiger partial charge in [0.25, 0.3) is 5.91 Å². The molecule has 0 saturated heterocycles. The molecule has 1 amide bonds. The van der Waals surface area contributed by atoms with Gasteiger partial charge in [-0.05, 0) is 43.2 Å². The van der Waals surface area contributed by atoms with Crippen LogP contribution in [0.25, 0.3) is 0 Å². The highest BCUT2D eigenvalue weighted by Gasteiger charge is 2.44. The van der Waals surface area contributed by atoms with Crippen LogP contribution in [0, 0.1) is 13.8 Å². The number of furan rings is 1. The molecule has 3 heterocycles. The average molecular weight is 388 g/mol. The van der Waals surface area contributed by atoms with Crippen LogP contribution in [0.3, 0.4) is 0 Å². The molecule has 1 aliphatic rings. The van der Waals surface area contributed by atoms with E-state index in [1.807, 2.05) is 37.3 Å². The molecule has 0 spiro atoms. The van der Waals surface area contributed by atoms with Crippen molar-refractivity contribution in [2.45, 2.75) is 26.4 Å². The first kappa shape index (κ1) is 18.7. The first-order valence-corrected chi connectivity index (χ1v) is 9.26. The van der Waals surface area contributed by atoms with Gasteiger partial charge in [0.05, 0.1) is 11.6 Å². The summed E-state index contributed by atoms with van der Waals surface area (Å²) in [6.07, 6.45) is 3.31. The van der Waals surface area contributed by atoms with Crippen LogP contribution in [0.5, 0.6) is 0 Å². The summed E-state index contributed by atoms with van der Waals surface area (Å²) in [4.78, 5) is 31.7. The number of carbonyl (C=O) groups excluding carboxylic acids is 2. The van der Waals surface area contributed by atoms with Gasteiger partial charge in [0.15, 0.2) is 11.5 Å². The Morgan fingerprint density at radius 2 is 1.90 bits per heavy atom. The summed E-state index contributed by atoms with van der Waals surface area (Å²) in [5.41, 5.74) is 2.62. The molecule has 4 rings (SSSR count). The van der Waals surface area contributed by atoms with Crippen LogP contribution in [0.4, 0.5) is 0 Å². The number of nitrogens with zero attached hydrogens (tertiary/aromatic N) is 2. The number of pyridine rings is 1. The first-order valence-electron chi connectivity index (χ1n) is 9.26. The fraction of sp³-hybridized carbons (Fsp3) is 0.174. The van der Waals surface area contributed by atoms with Gasteiger partial charge in [0.2, 0.25) is 5.78 Å². The molecule has 0 bridgehead atoms. The van der Waals surface area contributed by atoms with Gasteiger partial charge in [-0.2, -0.15) is 0 Å². The molecule has 6 nitrogen and oxygen atoms in total. The second-order valence-electron chi connectivity index (χ2n) is 7.11. The number of benzene rings is 1. The smallest absolute Gasteiger partial charge is 0.290 e. The third-order valence-electron chi connectivity index (χ3n) is 4.98. The average Bonchev–Trinajstić information content (AvgIpc) is 3.26. The summed E-state index contributed by atoms with van der Waals surface area (Å²) < 4.78 is 5.46. The molecule has 3 aromatic rings. The van der Waals surface area contributed by atoms with E-state index in [1.54, 1.807) is 37.5 Å². The van der Waals surface area contributed by atoms with E-state index in [9.17, 15) is 14.7 Å². The van der Waals surface area contributed by atoms with Crippen LogP contribution < -0.4 is 0 Å². The number of aliphatic hydroxyl groups is 1. The molecule has 0 radical (unpaired) electrons. The van der Waals surface area contributed by atoms with Crippen molar-refractivity contribution in [1.29, 1.82) is 0 Å². The van der Waals surface area contributed by atoms with Gasteiger partial charge in [-0.25, -0.2) is 0 Å². The van der Waals surface area contributed by atoms with Crippen LogP contribution in [0.1, 0.15) is 39.0 Å². The van der Waals surface area contributed by atoms with E-state index in [0.29, 0.717) is 5.76 Å². The van der Waals surface area contributed by atoms with E-state index in [1.165, 1.54) is 4.90 Å². The third kappa shape index (κ3) is 3.45. The molecule has 0 unspecified atom stereocenters. The molecule has 1 aromatic carbocycles. The predicted octanol–water partition coefficient (Wildman–Crippen LogP) is 4.07. The van der Waals surface area contributed by atoms with Crippen LogP contribution in [0.15, 0.2) is 76.7 Å². The van der Waals surface area contributed by atoms with E-state index in [4.69, 9.17) is 4.42 Å². The fourth-order valence-electron chi connectivity index (χ4n) is 3.52. The van der Waals surface area contributed by atoms with Gasteiger partial charge in [-0.15, -0.1) is 0 Å². The van der Waals surface area contributed by atoms with E-state index < -0.39 is 23.5 Å². The number of amides is 1. The van der Waals surface area contributed by atoms with Crippen molar-refractivity contribution in [3.8, 4) is 0 Å². The third-order valence-corrected chi connectivity index (χ3v) is 4.98. The maximum absolute atomic E-state index is 13.2. The monoisotopic (exact) mass is 388 g/mol. The Kier molecular flexibility index (Phi) is 4.76. The zero-order valence-electron chi connectivity index (χ0n) is 16.1. The van der Waals surface area contributed by atoms with E-state index in [0.717, 1.165) is 16.7 Å². The Morgan fingerprint density at radius 1 is 1.14 bits per heavy atom. The highest BCUT2D eigenvalue weighted by atomic mass is 16.3. The van der Waals surface area contributed by atoms with Crippen molar-refractivity contribution in [3.63, 3.8) is 0 Å². The van der Waals surface area contributed by atoms with Crippen LogP contribution in [0.2, 0.25) is 0 Å². The number of ketones is 1. The van der Waals surface area contributed by atoms with Crippen LogP contribution >= 0.6 is 0 Å². The maximum atomic E-state index is 13.2. The molecule has 146 valence electrons. The number of rotatable bonds is 5. The first-order chi connectivity index (χ1) is 14.0. The molecule has 2 aromatic heterocycles. The SMILES string of the molecule is Cc1ccc([C@@H]2C(C(=O)c3ccc(C)o3)=C(O)C(=O)N2Cc2cccnc2)cc1. The van der Waals surface area contributed by atoms with Gasteiger partial charge in [-0.3, -0.25) is 14.6 Å². The van der Waals surface area contributed by atoms with Gasteiger partial charge in [-0.1, -0.05) is 35.9 Å². The Bertz CT molecular complexity index is 1100. The summed E-state index contributed by atoms with van der Waals surface area (Å²) in [5, 5.41) is 10.6. The Morgan fingerprint density at radius 3 is 2.52 bits per heavy atom. The number of aromatic nitrogens is 1. The predicted molar refractivity (Wildman–Crippen MR) is 106 cm³/mol. The Hall–Kier alpha value is -3.67. The minimum Gasteiger partial charge on any atom is -0.503 e. The molecule has 29 heavy (non-hydrogen) atoms. The molecule has 1 aliphatic heterocycles. The van der Waals surface area contributed by atoms with Crippen molar-refractivity contribution in [1.82, 2.24) is 9.88 Å². The number of aryl methyl sites for hydroxylation is 2. The maximum Gasteiger partial charge on any atom is 0.290 e. The number of hydrogen-bond donors (Lipinski definition) is 1. The quantitative estimate of drug-likeness (QED) is 0.666. The zero-order chi connectivity index (χ0) is 20.5. The van der Waals surface area contributed by atoms with Crippen molar-refractivity contribution < 1.29 is 19.1 Å². The van der Waals surface area contributed by atoms with Gasteiger partial charge >= 0.3 is 0 Å². The highest BCUT2D eigenvalue weighted by molar-refractivity contribution is 6.15. The fourth-order valence-corrected chi connectivity index (χ4v) is 3.52. The summed E-state index contributed by atoms with van der Waals surface area (Å²) in [7, 11) is 0. The van der Waals surface area contributed by atoms with Crippen LogP contribution in [-0.4, -0.2) is 26.7 Å². The largest absolute Gasteiger partial charge is 0.503 e. The van der Waals surface area contributed by atoms with E-state index in [-0.39, 0.29) is 17.9 Å². The van der Waals surface area contributed by atoms with Crippen molar-refractivity contribution in [2.75, 3.05) is 0 Å². The number of aliphatic hydroxyl groups excluding tert-OH is 1. The van der Waals surface area contributed by atoms with E-state index >= 15 is 0 Å². The molecule has 0 aliphatic carbocycles. The lowest BCUT2D eigenvalue weighted by Gasteiger charge is -2.26. The summed E-state index contributed by atoms with van der Waals surface area (Å²) in [6.45, 7) is 3.90. The highest BCUT2D eigenvalue weighted by Crippen LogP contribution is 2.40. The molecular weight excluding hydrogens is 368 g/mol. The lowest BCUT2D eigenvalue weighted by molar-refractivity contribution is -0.130. The van der Waals surface area contributed by atoms with E-state index in [2.05, 4.69) is 4.98 Å². The topological polar surface area (TPSA) is 83.6 Å². The standard InChI is InChI=1S/C23H20N2O4/c1-14-5-8-17(9-6-14)20-19(21(26)18-10-7-15(2)29-18)22(27)23(28)25(20)13-16-4-3-11-24-12-16/h3-12,20,27H,13H2,1-2H3/t20-/m1/s1. The van der Waals surface area contributed by atoms with Gasteiger partial charge in [0.1, 0.15) is 5.76 Å². The number of hydrogen-bond acceptors (Lipinski definition) is 5. The van der Waals surface area contributed by atoms with Crippen molar-refractivity contribution in [3.05, 3.63) is 100 Å². The van der Waals surface area contributed by atoms with Crippen molar-refractivity contribution >= 4 is 11.7 Å². The minimum absolute atomic E-state index is 0.0251.